The van der Waals surface area contributed by atoms with Gasteiger partial charge in [-0.25, -0.2) is 9.78 Å². The molecule has 24 heavy (non-hydrogen) atoms. The number of nitrogens with zero attached hydrogens (tertiary/aromatic N) is 2. The quantitative estimate of drug-likeness (QED) is 0.610. The number of aromatic nitrogens is 1. The highest BCUT2D eigenvalue weighted by atomic mass is 32.1. The summed E-state index contributed by atoms with van der Waals surface area (Å²) in [4.78, 5) is 37.8. The highest BCUT2D eigenvalue weighted by molar-refractivity contribution is 7.13. The molecule has 1 amide bonds. The van der Waals surface area contributed by atoms with Gasteiger partial charge >= 0.3 is 5.97 Å². The normalized spacial score (nSPS) is 14.8. The number of nitro benzene ring substituents is 1. The SMILES string of the molecule is O=C(NC(C(=O)O)C1CC1)c1csc(-c2cccc([N+](=O)[O-])c2)n1. The van der Waals surface area contributed by atoms with Crippen LogP contribution in [0.2, 0.25) is 0 Å². The Bertz CT molecular complexity index is 815. The lowest BCUT2D eigenvalue weighted by atomic mass is 10.2. The number of nitrogens with one attached hydrogen (secondary N) is 1. The lowest BCUT2D eigenvalue weighted by Crippen LogP contribution is -2.42. The molecule has 0 saturated heterocycles. The average Bonchev–Trinajstić information content (AvgIpc) is 3.27. The van der Waals surface area contributed by atoms with Crippen molar-refractivity contribution in [3.63, 3.8) is 0 Å². The van der Waals surface area contributed by atoms with E-state index < -0.39 is 22.8 Å². The fraction of sp³-hybridized carbons (Fsp3) is 0.267. The Morgan fingerprint density at radius 2 is 2.17 bits per heavy atom. The van der Waals surface area contributed by atoms with Crippen LogP contribution in [0.5, 0.6) is 0 Å². The Kier molecular flexibility index (Phi) is 4.26. The molecule has 1 fully saturated rings. The summed E-state index contributed by atoms with van der Waals surface area (Å²) in [5, 5.41) is 24.4. The maximum atomic E-state index is 12.2. The van der Waals surface area contributed by atoms with Crippen molar-refractivity contribution < 1.29 is 19.6 Å². The summed E-state index contributed by atoms with van der Waals surface area (Å²) >= 11 is 1.17. The molecule has 3 rings (SSSR count). The number of carboxylic acids is 1. The second-order valence-electron chi connectivity index (χ2n) is 5.47. The van der Waals surface area contributed by atoms with E-state index in [0.717, 1.165) is 12.8 Å². The molecule has 1 atom stereocenters. The van der Waals surface area contributed by atoms with Crippen molar-refractivity contribution in [1.82, 2.24) is 10.3 Å². The van der Waals surface area contributed by atoms with Crippen LogP contribution in [0, 0.1) is 16.0 Å². The van der Waals surface area contributed by atoms with Gasteiger partial charge in [0.25, 0.3) is 11.6 Å². The summed E-state index contributed by atoms with van der Waals surface area (Å²) in [5.74, 6) is -1.64. The van der Waals surface area contributed by atoms with Crippen LogP contribution in [0.15, 0.2) is 29.6 Å². The van der Waals surface area contributed by atoms with E-state index in [9.17, 15) is 19.7 Å². The number of amides is 1. The molecule has 1 aromatic carbocycles. The molecule has 0 bridgehead atoms. The first-order valence-electron chi connectivity index (χ1n) is 7.19. The molecule has 1 unspecified atom stereocenters. The van der Waals surface area contributed by atoms with E-state index in [1.807, 2.05) is 0 Å². The van der Waals surface area contributed by atoms with Gasteiger partial charge in [0.05, 0.1) is 4.92 Å². The van der Waals surface area contributed by atoms with E-state index >= 15 is 0 Å². The number of rotatable bonds is 6. The monoisotopic (exact) mass is 347 g/mol. The first kappa shape index (κ1) is 16.1. The Labute approximate surface area is 140 Å². The molecule has 9 heteroatoms. The third kappa shape index (κ3) is 3.40. The van der Waals surface area contributed by atoms with Crippen molar-refractivity contribution in [2.24, 2.45) is 5.92 Å². The van der Waals surface area contributed by atoms with E-state index in [1.54, 1.807) is 12.1 Å². The number of carbonyl (C=O) groups is 2. The van der Waals surface area contributed by atoms with Crippen LogP contribution in [-0.4, -0.2) is 32.9 Å². The molecule has 1 saturated carbocycles. The Hall–Kier alpha value is -2.81. The third-order valence-corrected chi connectivity index (χ3v) is 4.58. The van der Waals surface area contributed by atoms with Crippen molar-refractivity contribution in [1.29, 1.82) is 0 Å². The molecule has 0 radical (unpaired) electrons. The number of aliphatic carboxylic acids is 1. The predicted molar refractivity (Wildman–Crippen MR) is 85.8 cm³/mol. The number of hydrogen-bond acceptors (Lipinski definition) is 6. The standard InChI is InChI=1S/C15H13N3O5S/c19-13(17-12(15(20)21)8-4-5-8)11-7-24-14(16-11)9-2-1-3-10(6-9)18(22)23/h1-3,6-8,12H,4-5H2,(H,17,19)(H,20,21). The van der Waals surface area contributed by atoms with Crippen molar-refractivity contribution in [3.05, 3.63) is 45.5 Å². The molecule has 0 aliphatic heterocycles. The van der Waals surface area contributed by atoms with Crippen LogP contribution < -0.4 is 5.32 Å². The van der Waals surface area contributed by atoms with Gasteiger partial charge in [-0.05, 0) is 18.8 Å². The second-order valence-corrected chi connectivity index (χ2v) is 6.33. The summed E-state index contributed by atoms with van der Waals surface area (Å²) in [5.41, 5.74) is 0.576. The molecular weight excluding hydrogens is 334 g/mol. The first-order valence-corrected chi connectivity index (χ1v) is 8.07. The molecule has 1 aliphatic rings. The van der Waals surface area contributed by atoms with Gasteiger partial charge in [0.1, 0.15) is 16.7 Å². The third-order valence-electron chi connectivity index (χ3n) is 3.69. The van der Waals surface area contributed by atoms with Gasteiger partial charge in [-0.2, -0.15) is 0 Å². The molecule has 1 heterocycles. The van der Waals surface area contributed by atoms with Crippen molar-refractivity contribution in [2.75, 3.05) is 0 Å². The summed E-state index contributed by atoms with van der Waals surface area (Å²) in [7, 11) is 0. The van der Waals surface area contributed by atoms with Gasteiger partial charge in [-0.1, -0.05) is 12.1 Å². The number of non-ortho nitro benzene ring substituents is 1. The zero-order valence-electron chi connectivity index (χ0n) is 12.3. The number of benzene rings is 1. The fourth-order valence-corrected chi connectivity index (χ4v) is 3.09. The van der Waals surface area contributed by atoms with Gasteiger partial charge in [0.15, 0.2) is 0 Å². The van der Waals surface area contributed by atoms with Gasteiger partial charge in [0, 0.05) is 23.1 Å². The molecular formula is C15H13N3O5S. The van der Waals surface area contributed by atoms with Gasteiger partial charge in [-0.15, -0.1) is 11.3 Å². The highest BCUT2D eigenvalue weighted by Crippen LogP contribution is 2.33. The number of carbonyl (C=O) groups excluding carboxylic acids is 1. The second kappa shape index (κ2) is 6.36. The Morgan fingerprint density at radius 3 is 2.79 bits per heavy atom. The van der Waals surface area contributed by atoms with E-state index in [1.165, 1.54) is 28.8 Å². The Morgan fingerprint density at radius 1 is 1.42 bits per heavy atom. The topological polar surface area (TPSA) is 122 Å². The fourth-order valence-electron chi connectivity index (χ4n) is 2.29. The zero-order chi connectivity index (χ0) is 17.3. The maximum Gasteiger partial charge on any atom is 0.326 e. The van der Waals surface area contributed by atoms with Crippen LogP contribution >= 0.6 is 11.3 Å². The smallest absolute Gasteiger partial charge is 0.326 e. The zero-order valence-corrected chi connectivity index (χ0v) is 13.2. The van der Waals surface area contributed by atoms with Crippen molar-refractivity contribution in [2.45, 2.75) is 18.9 Å². The molecule has 2 N–H and O–H groups in total. The highest BCUT2D eigenvalue weighted by Gasteiger charge is 2.37. The summed E-state index contributed by atoms with van der Waals surface area (Å²) < 4.78 is 0. The summed E-state index contributed by atoms with van der Waals surface area (Å²) in [6.07, 6.45) is 1.57. The molecule has 2 aromatic rings. The van der Waals surface area contributed by atoms with E-state index in [4.69, 9.17) is 5.11 Å². The van der Waals surface area contributed by atoms with Crippen molar-refractivity contribution >= 4 is 28.9 Å². The first-order chi connectivity index (χ1) is 11.5. The van der Waals surface area contributed by atoms with Crippen LogP contribution in [0.3, 0.4) is 0 Å². The minimum Gasteiger partial charge on any atom is -0.480 e. The van der Waals surface area contributed by atoms with E-state index in [-0.39, 0.29) is 17.3 Å². The lowest BCUT2D eigenvalue weighted by Gasteiger charge is -2.12. The average molecular weight is 347 g/mol. The number of nitro groups is 1. The van der Waals surface area contributed by atoms with Crippen LogP contribution in [-0.2, 0) is 4.79 Å². The lowest BCUT2D eigenvalue weighted by molar-refractivity contribution is -0.384. The van der Waals surface area contributed by atoms with E-state index in [2.05, 4.69) is 10.3 Å². The number of hydrogen-bond donors (Lipinski definition) is 2. The minimum atomic E-state index is -1.06. The molecule has 1 aromatic heterocycles. The number of carboxylic acid groups (broad SMARTS) is 1. The maximum absolute atomic E-state index is 12.2. The summed E-state index contributed by atoms with van der Waals surface area (Å²) in [6, 6.07) is 5.06. The van der Waals surface area contributed by atoms with Gasteiger partial charge in [0.2, 0.25) is 0 Å². The van der Waals surface area contributed by atoms with Crippen LogP contribution in [0.1, 0.15) is 23.3 Å². The molecule has 1 aliphatic carbocycles. The molecule has 0 spiro atoms. The van der Waals surface area contributed by atoms with Crippen LogP contribution in [0.25, 0.3) is 10.6 Å². The predicted octanol–water partition coefficient (Wildman–Crippen LogP) is 2.31. The van der Waals surface area contributed by atoms with Gasteiger partial charge in [-0.3, -0.25) is 14.9 Å². The molecule has 8 nitrogen and oxygen atoms in total. The number of thiazole rings is 1. The largest absolute Gasteiger partial charge is 0.480 e. The van der Waals surface area contributed by atoms with Gasteiger partial charge < -0.3 is 10.4 Å². The summed E-state index contributed by atoms with van der Waals surface area (Å²) in [6.45, 7) is 0. The molecule has 124 valence electrons. The Balaban J connectivity index is 1.77. The van der Waals surface area contributed by atoms with Crippen molar-refractivity contribution in [3.8, 4) is 10.6 Å². The van der Waals surface area contributed by atoms with Crippen LogP contribution in [0.4, 0.5) is 5.69 Å². The van der Waals surface area contributed by atoms with E-state index in [0.29, 0.717) is 10.6 Å². The minimum absolute atomic E-state index is 0.0265.